The number of anilines is 1. The summed E-state index contributed by atoms with van der Waals surface area (Å²) in [4.78, 5) is 22.6. The maximum atomic E-state index is 14.0. The molecule has 2 aromatic heterocycles. The van der Waals surface area contributed by atoms with Gasteiger partial charge in [-0.1, -0.05) is 18.2 Å². The Bertz CT molecular complexity index is 1140. The summed E-state index contributed by atoms with van der Waals surface area (Å²) in [7, 11) is 3.31. The van der Waals surface area contributed by atoms with Crippen LogP contribution >= 0.6 is 15.9 Å². The molecule has 3 rings (SSSR count). The number of nitriles is 1. The lowest BCUT2D eigenvalue weighted by molar-refractivity contribution is 0.0774. The van der Waals surface area contributed by atoms with Gasteiger partial charge in [0.05, 0.1) is 18.4 Å². The summed E-state index contributed by atoms with van der Waals surface area (Å²) in [6, 6.07) is 10.2. The summed E-state index contributed by atoms with van der Waals surface area (Å²) in [5.74, 6) is -0.371. The van der Waals surface area contributed by atoms with Gasteiger partial charge in [0, 0.05) is 25.2 Å². The minimum absolute atomic E-state index is 0.00656. The summed E-state index contributed by atoms with van der Waals surface area (Å²) in [5, 5.41) is 13.1. The van der Waals surface area contributed by atoms with Gasteiger partial charge in [0.15, 0.2) is 17.6 Å². The van der Waals surface area contributed by atoms with Crippen LogP contribution in [0.2, 0.25) is 0 Å². The summed E-state index contributed by atoms with van der Waals surface area (Å²) >= 11 is 3.17. The van der Waals surface area contributed by atoms with E-state index in [1.807, 2.05) is 6.07 Å². The van der Waals surface area contributed by atoms with Crippen LogP contribution in [-0.2, 0) is 13.6 Å². The molecular formula is C20H19BrFN7O2. The lowest BCUT2D eigenvalue weighted by Gasteiger charge is -2.22. The highest BCUT2D eigenvalue weighted by molar-refractivity contribution is 9.10. The molecule has 1 amide bonds. The highest BCUT2D eigenvalue weighted by Crippen LogP contribution is 2.28. The zero-order valence-electron chi connectivity index (χ0n) is 16.8. The molecule has 0 aliphatic heterocycles. The Labute approximate surface area is 186 Å². The Morgan fingerprint density at radius 1 is 1.45 bits per heavy atom. The number of carbonyl (C=O) groups is 1. The molecule has 2 N–H and O–H groups in total. The summed E-state index contributed by atoms with van der Waals surface area (Å²) < 4.78 is 21.5. The molecule has 3 aromatic rings. The molecule has 0 aliphatic rings. The van der Waals surface area contributed by atoms with E-state index in [1.54, 1.807) is 44.4 Å². The fourth-order valence-electron chi connectivity index (χ4n) is 2.96. The number of ether oxygens (including phenoxy) is 1. The molecule has 1 aromatic carbocycles. The van der Waals surface area contributed by atoms with Gasteiger partial charge in [-0.15, -0.1) is 0 Å². The molecule has 0 aliphatic carbocycles. The molecule has 0 spiro atoms. The number of halogens is 2. The third-order valence-corrected chi connectivity index (χ3v) is 4.89. The normalized spacial score (nSPS) is 11.6. The number of alkyl halides is 1. The molecule has 0 fully saturated rings. The Kier molecular flexibility index (Phi) is 6.81. The monoisotopic (exact) mass is 487 g/mol. The van der Waals surface area contributed by atoms with Gasteiger partial charge in [0.1, 0.15) is 17.3 Å². The van der Waals surface area contributed by atoms with E-state index >= 15 is 0 Å². The molecule has 2 heterocycles. The van der Waals surface area contributed by atoms with Crippen LogP contribution in [0.15, 0.2) is 41.1 Å². The zero-order valence-corrected chi connectivity index (χ0v) is 18.4. The van der Waals surface area contributed by atoms with Gasteiger partial charge in [0.25, 0.3) is 11.8 Å². The van der Waals surface area contributed by atoms with Crippen molar-refractivity contribution >= 4 is 27.7 Å². The van der Waals surface area contributed by atoms with Gasteiger partial charge >= 0.3 is 0 Å². The van der Waals surface area contributed by atoms with E-state index in [2.05, 4.69) is 31.0 Å². The fraction of sp³-hybridized carbons (Fsp3) is 0.250. The number of benzene rings is 1. The highest BCUT2D eigenvalue weighted by atomic mass is 79.9. The van der Waals surface area contributed by atoms with Crippen molar-refractivity contribution in [1.29, 1.82) is 5.26 Å². The van der Waals surface area contributed by atoms with Crippen molar-refractivity contribution in [3.63, 3.8) is 0 Å². The quantitative estimate of drug-likeness (QED) is 0.543. The van der Waals surface area contributed by atoms with E-state index in [-0.39, 0.29) is 35.4 Å². The summed E-state index contributed by atoms with van der Waals surface area (Å²) in [5.41, 5.74) is 7.35. The Balaban J connectivity index is 1.87. The SMILES string of the molecule is CN(Cc1cc(C#N)nn1C)C(=O)c1ccccc1C(CF)Oc1nc(Br)cnc1N. The number of rotatable bonds is 7. The van der Waals surface area contributed by atoms with Gasteiger partial charge in [-0.05, 0) is 28.1 Å². The maximum Gasteiger partial charge on any atom is 0.259 e. The number of nitrogen functional groups attached to an aromatic ring is 1. The van der Waals surface area contributed by atoms with Crippen LogP contribution in [0.1, 0.15) is 33.4 Å². The average Bonchev–Trinajstić information content (AvgIpc) is 3.13. The van der Waals surface area contributed by atoms with Crippen molar-refractivity contribution in [2.45, 2.75) is 12.6 Å². The Hall–Kier alpha value is -3.52. The molecule has 1 atom stereocenters. The van der Waals surface area contributed by atoms with Crippen LogP contribution in [0.25, 0.3) is 0 Å². The highest BCUT2D eigenvalue weighted by Gasteiger charge is 2.24. The lowest BCUT2D eigenvalue weighted by Crippen LogP contribution is -2.29. The molecule has 31 heavy (non-hydrogen) atoms. The van der Waals surface area contributed by atoms with Crippen LogP contribution in [0, 0.1) is 11.3 Å². The maximum absolute atomic E-state index is 14.0. The molecule has 160 valence electrons. The Morgan fingerprint density at radius 2 is 2.19 bits per heavy atom. The first kappa shape index (κ1) is 22.2. The summed E-state index contributed by atoms with van der Waals surface area (Å²) in [6.45, 7) is -0.696. The van der Waals surface area contributed by atoms with E-state index < -0.39 is 12.8 Å². The first-order valence-corrected chi connectivity index (χ1v) is 9.91. The number of nitrogens with two attached hydrogens (primary N) is 1. The molecule has 0 bridgehead atoms. The molecular weight excluding hydrogens is 469 g/mol. The third-order valence-electron chi connectivity index (χ3n) is 4.51. The largest absolute Gasteiger partial charge is 0.464 e. The minimum atomic E-state index is -1.11. The Morgan fingerprint density at radius 3 is 2.87 bits per heavy atom. The van der Waals surface area contributed by atoms with E-state index in [9.17, 15) is 9.18 Å². The van der Waals surface area contributed by atoms with Crippen LogP contribution < -0.4 is 10.5 Å². The zero-order chi connectivity index (χ0) is 22.5. The number of amides is 1. The number of nitrogens with zero attached hydrogens (tertiary/aromatic N) is 6. The van der Waals surface area contributed by atoms with Gasteiger partial charge in [-0.2, -0.15) is 10.4 Å². The van der Waals surface area contributed by atoms with Gasteiger partial charge in [-0.25, -0.2) is 14.4 Å². The summed E-state index contributed by atoms with van der Waals surface area (Å²) in [6.07, 6.45) is 0.288. The van der Waals surface area contributed by atoms with E-state index in [0.29, 0.717) is 15.9 Å². The number of aryl methyl sites for hydroxylation is 1. The second-order valence-electron chi connectivity index (χ2n) is 6.65. The van der Waals surface area contributed by atoms with Crippen molar-refractivity contribution in [3.05, 3.63) is 63.6 Å². The fourth-order valence-corrected chi connectivity index (χ4v) is 3.23. The van der Waals surface area contributed by atoms with Crippen molar-refractivity contribution in [1.82, 2.24) is 24.6 Å². The van der Waals surface area contributed by atoms with Crippen LogP contribution in [0.5, 0.6) is 5.88 Å². The van der Waals surface area contributed by atoms with Crippen molar-refractivity contribution < 1.29 is 13.9 Å². The smallest absolute Gasteiger partial charge is 0.259 e. The van der Waals surface area contributed by atoms with Gasteiger partial charge in [-0.3, -0.25) is 9.48 Å². The molecule has 0 radical (unpaired) electrons. The second kappa shape index (κ2) is 9.53. The molecule has 11 heteroatoms. The number of carbonyl (C=O) groups excluding carboxylic acids is 1. The first-order valence-electron chi connectivity index (χ1n) is 9.12. The molecule has 1 unspecified atom stereocenters. The van der Waals surface area contributed by atoms with E-state index in [0.717, 1.165) is 0 Å². The minimum Gasteiger partial charge on any atom is -0.464 e. The average molecular weight is 488 g/mol. The first-order chi connectivity index (χ1) is 14.8. The number of aromatic nitrogens is 4. The van der Waals surface area contributed by atoms with Crippen LogP contribution in [0.3, 0.4) is 0 Å². The van der Waals surface area contributed by atoms with Crippen molar-refractivity contribution in [3.8, 4) is 11.9 Å². The van der Waals surface area contributed by atoms with E-state index in [1.165, 1.54) is 15.8 Å². The van der Waals surface area contributed by atoms with Gasteiger partial charge < -0.3 is 15.4 Å². The predicted molar refractivity (Wildman–Crippen MR) is 114 cm³/mol. The lowest BCUT2D eigenvalue weighted by atomic mass is 10.0. The number of hydrogen-bond acceptors (Lipinski definition) is 7. The predicted octanol–water partition coefficient (Wildman–Crippen LogP) is 2.79. The topological polar surface area (TPSA) is 123 Å². The van der Waals surface area contributed by atoms with Crippen LogP contribution in [0.4, 0.5) is 10.2 Å². The van der Waals surface area contributed by atoms with Gasteiger partial charge in [0.2, 0.25) is 0 Å². The second-order valence-corrected chi connectivity index (χ2v) is 7.46. The van der Waals surface area contributed by atoms with Crippen molar-refractivity contribution in [2.24, 2.45) is 7.05 Å². The number of hydrogen-bond donors (Lipinski definition) is 1. The third kappa shape index (κ3) is 4.97. The molecule has 0 saturated heterocycles. The molecule has 0 saturated carbocycles. The van der Waals surface area contributed by atoms with E-state index in [4.69, 9.17) is 15.7 Å². The standard InChI is InChI=1S/C20H19BrFN7O2/c1-28(11-13-7-12(9-23)27-29(13)2)20(30)15-6-4-3-5-14(15)16(8-22)31-19-18(24)25-10-17(21)26-19/h3-7,10,16H,8,11H2,1-2H3,(H2,24,25). The molecule has 9 nitrogen and oxygen atoms in total. The van der Waals surface area contributed by atoms with Crippen LogP contribution in [-0.4, -0.2) is 44.3 Å². The van der Waals surface area contributed by atoms with Crippen molar-refractivity contribution in [2.75, 3.05) is 19.5 Å².